The fraction of sp³-hybridized carbons (Fsp3) is 0.440. The maximum Gasteiger partial charge on any atom is 0.490 e. The second kappa shape index (κ2) is 12.8. The maximum absolute atomic E-state index is 14.8. The van der Waals surface area contributed by atoms with Crippen LogP contribution in [0.25, 0.3) is 0 Å². The molecular weight excluding hydrogens is 587 g/mol. The smallest absolute Gasteiger partial charge is 0.475 e. The van der Waals surface area contributed by atoms with Crippen LogP contribution in [-0.2, 0) is 32.5 Å². The number of carbonyl (C=O) groups is 2. The summed E-state index contributed by atoms with van der Waals surface area (Å²) >= 11 is 6.15. The van der Waals surface area contributed by atoms with Gasteiger partial charge < -0.3 is 9.84 Å². The average Bonchev–Trinajstić information content (AvgIpc) is 3.65. The predicted molar refractivity (Wildman–Crippen MR) is 135 cm³/mol. The standard InChI is InChI=1S/C23H25ClF2N2O4S.C2HF3O2/c1-33(30,31)27-23(29)20-11-19(14-2-3-14)16(9-22(20)26)12-28-6-7-32-18(13-28)8-15-4-5-17(25)10-21(15)24;3-2(4,5)1(6)7/h4-5,9-11,14,18H,2-3,6-8,12-13H2,1H3,(H,27,29);(H,6,7)/t18-;/m1./s1. The molecule has 2 aromatic rings. The zero-order valence-electron chi connectivity index (χ0n) is 21.1. The van der Waals surface area contributed by atoms with Crippen LogP contribution in [-0.4, -0.2) is 68.5 Å². The molecule has 0 bridgehead atoms. The molecule has 2 fully saturated rings. The molecule has 1 amide bonds. The summed E-state index contributed by atoms with van der Waals surface area (Å²) in [5, 5.41) is 7.48. The average molecular weight is 613 g/mol. The molecule has 2 aliphatic rings. The number of nitrogens with zero attached hydrogens (tertiary/aromatic N) is 1. The van der Waals surface area contributed by atoms with Crippen LogP contribution in [0.4, 0.5) is 22.0 Å². The van der Waals surface area contributed by atoms with Gasteiger partial charge in [0.25, 0.3) is 5.91 Å². The van der Waals surface area contributed by atoms with Crippen LogP contribution in [0.3, 0.4) is 0 Å². The first-order valence-electron chi connectivity index (χ1n) is 12.0. The molecule has 1 saturated heterocycles. The highest BCUT2D eigenvalue weighted by atomic mass is 35.5. The van der Waals surface area contributed by atoms with E-state index in [-0.39, 0.29) is 17.6 Å². The fourth-order valence-corrected chi connectivity index (χ4v) is 4.85. The lowest BCUT2D eigenvalue weighted by atomic mass is 9.98. The first kappa shape index (κ1) is 31.7. The Labute approximate surface area is 232 Å². The lowest BCUT2D eigenvalue weighted by Crippen LogP contribution is -2.43. The van der Waals surface area contributed by atoms with Crippen LogP contribution < -0.4 is 4.72 Å². The van der Waals surface area contributed by atoms with Gasteiger partial charge in [0.2, 0.25) is 10.0 Å². The number of hydrogen-bond donors (Lipinski definition) is 2. The Morgan fingerprint density at radius 3 is 2.35 bits per heavy atom. The molecule has 0 radical (unpaired) electrons. The van der Waals surface area contributed by atoms with E-state index in [1.54, 1.807) is 6.07 Å². The number of ether oxygens (including phenoxy) is 1. The van der Waals surface area contributed by atoms with E-state index in [0.29, 0.717) is 37.7 Å². The second-order valence-electron chi connectivity index (χ2n) is 9.48. The molecule has 1 aliphatic carbocycles. The normalized spacial score (nSPS) is 18.0. The van der Waals surface area contributed by atoms with Gasteiger partial charge in [-0.15, -0.1) is 0 Å². The highest BCUT2D eigenvalue weighted by Crippen LogP contribution is 2.43. The minimum Gasteiger partial charge on any atom is -0.475 e. The topological polar surface area (TPSA) is 113 Å². The molecular formula is C25H26ClF5N2O6S. The molecule has 40 heavy (non-hydrogen) atoms. The van der Waals surface area contributed by atoms with Crippen molar-refractivity contribution >= 4 is 33.5 Å². The molecule has 0 unspecified atom stereocenters. The Hall–Kier alpha value is -2.81. The Balaban J connectivity index is 0.000000559. The zero-order valence-corrected chi connectivity index (χ0v) is 22.7. The number of alkyl halides is 3. The lowest BCUT2D eigenvalue weighted by molar-refractivity contribution is -0.192. The number of carboxylic acids is 1. The zero-order chi connectivity index (χ0) is 29.8. The summed E-state index contributed by atoms with van der Waals surface area (Å²) in [5.41, 5.74) is 2.19. The van der Waals surface area contributed by atoms with Gasteiger partial charge in [-0.2, -0.15) is 13.2 Å². The molecule has 0 aromatic heterocycles. The number of halogens is 6. The van der Waals surface area contributed by atoms with Crippen LogP contribution in [0.15, 0.2) is 30.3 Å². The van der Waals surface area contributed by atoms with Crippen molar-refractivity contribution in [1.82, 2.24) is 9.62 Å². The fourth-order valence-electron chi connectivity index (χ4n) is 4.16. The van der Waals surface area contributed by atoms with Crippen LogP contribution in [0.5, 0.6) is 0 Å². The number of morpholine rings is 1. The van der Waals surface area contributed by atoms with Gasteiger partial charge in [-0.3, -0.25) is 9.69 Å². The Bertz CT molecular complexity index is 1370. The number of benzene rings is 2. The molecule has 1 aliphatic heterocycles. The third-order valence-corrected chi connectivity index (χ3v) is 7.00. The van der Waals surface area contributed by atoms with Gasteiger partial charge in [0.1, 0.15) is 11.6 Å². The van der Waals surface area contributed by atoms with E-state index in [9.17, 15) is 35.2 Å². The molecule has 1 heterocycles. The van der Waals surface area contributed by atoms with E-state index in [1.807, 2.05) is 4.72 Å². The summed E-state index contributed by atoms with van der Waals surface area (Å²) in [6, 6.07) is 7.13. The number of amides is 1. The summed E-state index contributed by atoms with van der Waals surface area (Å²) in [6.45, 7) is 2.23. The molecule has 1 saturated carbocycles. The first-order valence-corrected chi connectivity index (χ1v) is 14.2. The van der Waals surface area contributed by atoms with Crippen molar-refractivity contribution in [1.29, 1.82) is 0 Å². The number of sulfonamides is 1. The summed E-state index contributed by atoms with van der Waals surface area (Å²) in [7, 11) is -3.79. The quantitative estimate of drug-likeness (QED) is 0.449. The lowest BCUT2D eigenvalue weighted by Gasteiger charge is -2.33. The monoisotopic (exact) mass is 612 g/mol. The first-order chi connectivity index (χ1) is 18.5. The number of hydrogen-bond acceptors (Lipinski definition) is 6. The van der Waals surface area contributed by atoms with Crippen molar-refractivity contribution in [3.8, 4) is 0 Å². The van der Waals surface area contributed by atoms with Crippen LogP contribution in [0.1, 0.15) is 45.8 Å². The van der Waals surface area contributed by atoms with Crippen molar-refractivity contribution < 1.29 is 49.8 Å². The third kappa shape index (κ3) is 9.39. The molecule has 15 heteroatoms. The van der Waals surface area contributed by atoms with Gasteiger partial charge in [-0.1, -0.05) is 17.7 Å². The number of carbonyl (C=O) groups excluding carboxylic acids is 1. The van der Waals surface area contributed by atoms with Crippen molar-refractivity contribution in [3.05, 3.63) is 69.2 Å². The summed E-state index contributed by atoms with van der Waals surface area (Å²) < 4.78 is 90.3. The van der Waals surface area contributed by atoms with Crippen LogP contribution in [0.2, 0.25) is 5.02 Å². The van der Waals surface area contributed by atoms with Gasteiger partial charge in [-0.25, -0.2) is 26.7 Å². The molecule has 8 nitrogen and oxygen atoms in total. The van der Waals surface area contributed by atoms with E-state index < -0.39 is 39.7 Å². The number of aliphatic carboxylic acids is 1. The molecule has 220 valence electrons. The molecule has 2 N–H and O–H groups in total. The Morgan fingerprint density at radius 2 is 1.80 bits per heavy atom. The van der Waals surface area contributed by atoms with Crippen LogP contribution >= 0.6 is 11.6 Å². The minimum absolute atomic E-state index is 0.143. The molecule has 4 rings (SSSR count). The largest absolute Gasteiger partial charge is 0.490 e. The number of carboxylic acid groups (broad SMARTS) is 1. The van der Waals surface area contributed by atoms with Gasteiger partial charge in [0.05, 0.1) is 24.5 Å². The molecule has 2 aromatic carbocycles. The summed E-state index contributed by atoms with van der Waals surface area (Å²) in [5.74, 6) is -4.63. The molecule has 0 spiro atoms. The van der Waals surface area contributed by atoms with E-state index in [0.717, 1.165) is 35.8 Å². The van der Waals surface area contributed by atoms with E-state index in [2.05, 4.69) is 4.90 Å². The van der Waals surface area contributed by atoms with Crippen molar-refractivity contribution in [2.75, 3.05) is 26.0 Å². The van der Waals surface area contributed by atoms with Gasteiger partial charge in [-0.05, 0) is 59.7 Å². The maximum atomic E-state index is 14.8. The van der Waals surface area contributed by atoms with Crippen LogP contribution in [0, 0.1) is 11.6 Å². The number of rotatable bonds is 7. The highest BCUT2D eigenvalue weighted by Gasteiger charge is 2.38. The van der Waals surface area contributed by atoms with E-state index >= 15 is 0 Å². The second-order valence-corrected chi connectivity index (χ2v) is 11.6. The predicted octanol–water partition coefficient (Wildman–Crippen LogP) is 4.26. The number of nitrogens with one attached hydrogen (secondary N) is 1. The van der Waals surface area contributed by atoms with Crippen molar-refractivity contribution in [3.63, 3.8) is 0 Å². The summed E-state index contributed by atoms with van der Waals surface area (Å²) in [4.78, 5) is 23.3. The SMILES string of the molecule is CS(=O)(=O)NC(=O)c1cc(C2CC2)c(CN2CCO[C@H](Cc3ccc(F)cc3Cl)C2)cc1F.O=C(O)C(F)(F)F. The minimum atomic E-state index is -5.08. The highest BCUT2D eigenvalue weighted by molar-refractivity contribution is 7.89. The van der Waals surface area contributed by atoms with Crippen molar-refractivity contribution in [2.45, 2.75) is 44.0 Å². The Morgan fingerprint density at radius 1 is 1.15 bits per heavy atom. The van der Waals surface area contributed by atoms with Gasteiger partial charge in [0.15, 0.2) is 0 Å². The van der Waals surface area contributed by atoms with Gasteiger partial charge in [0, 0.05) is 31.1 Å². The van der Waals surface area contributed by atoms with Gasteiger partial charge >= 0.3 is 12.1 Å². The third-order valence-electron chi connectivity index (χ3n) is 6.09. The summed E-state index contributed by atoms with van der Waals surface area (Å²) in [6.07, 6.45) is -1.95. The van der Waals surface area contributed by atoms with E-state index in [1.165, 1.54) is 24.3 Å². The Kier molecular flexibility index (Phi) is 10.1. The molecule has 1 atom stereocenters. The van der Waals surface area contributed by atoms with Crippen molar-refractivity contribution in [2.24, 2.45) is 0 Å². The van der Waals surface area contributed by atoms with E-state index in [4.69, 9.17) is 26.2 Å².